The maximum absolute atomic E-state index is 14.2. The first kappa shape index (κ1) is 114. The van der Waals surface area contributed by atoms with Crippen LogP contribution < -0.4 is 28.4 Å². The molecule has 27 nitrogen and oxygen atoms in total. The fraction of sp³-hybridized carbons (Fsp3) is 0.676. The predicted molar refractivity (Wildman–Crippen MR) is 488 cm³/mol. The van der Waals surface area contributed by atoms with E-state index in [0.717, 1.165) is 137 Å². The number of carbonyl (C=O) groups excluding carboxylic acids is 9. The second-order valence-electron chi connectivity index (χ2n) is 42.5. The number of aryl methyl sites for hydroxylation is 3. The van der Waals surface area contributed by atoms with Gasteiger partial charge in [0.2, 0.25) is 35.4 Å². The molecular weight excluding hydrogens is 1960 g/mol. The second-order valence-corrected chi connectivity index (χ2v) is 42.5. The molecular formula is C102H129F9N9O18V3-3. The Morgan fingerprint density at radius 1 is 0.376 bits per heavy atom. The summed E-state index contributed by atoms with van der Waals surface area (Å²) >= 11 is 0. The van der Waals surface area contributed by atoms with Gasteiger partial charge >= 0.3 is 36.4 Å². The molecule has 0 spiro atoms. The number of fused-ring (bicyclic) bond motifs is 15. The number of methoxy groups -OCH3 is 3. The molecule has 3 amide bonds. The Hall–Kier alpha value is -8.57. The van der Waals surface area contributed by atoms with Gasteiger partial charge in [0, 0.05) is 117 Å². The van der Waals surface area contributed by atoms with Gasteiger partial charge in [0.05, 0.1) is 111 Å². The number of ether oxygens (including phenoxy) is 9. The predicted octanol–water partition coefficient (Wildman–Crippen LogP) is 18.5. The summed E-state index contributed by atoms with van der Waals surface area (Å²) in [6, 6.07) is 11.0. The van der Waals surface area contributed by atoms with E-state index in [1.807, 2.05) is 13.8 Å². The van der Waals surface area contributed by atoms with E-state index in [0.29, 0.717) is 86.7 Å². The van der Waals surface area contributed by atoms with Crippen LogP contribution in [0.4, 0.5) is 39.5 Å². The van der Waals surface area contributed by atoms with Crippen molar-refractivity contribution in [1.29, 1.82) is 0 Å². The number of nitrogens with zero attached hydrogens (tertiary/aromatic N) is 9. The fourth-order valence-electron chi connectivity index (χ4n) is 21.5. The summed E-state index contributed by atoms with van der Waals surface area (Å²) in [4.78, 5) is 151. The van der Waals surface area contributed by atoms with E-state index >= 15 is 0 Å². The van der Waals surface area contributed by atoms with Crippen molar-refractivity contribution in [3.63, 3.8) is 0 Å². The van der Waals surface area contributed by atoms with Crippen molar-refractivity contribution >= 4 is 87.6 Å². The maximum atomic E-state index is 14.2. The molecule has 9 heterocycles. The van der Waals surface area contributed by atoms with Gasteiger partial charge in [-0.1, -0.05) is 119 Å². The number of rotatable bonds is 9. The maximum Gasteiger partial charge on any atom is 0.389 e. The number of aromatic nitrogens is 6. The van der Waals surface area contributed by atoms with Crippen LogP contribution in [-0.2, 0) is 132 Å². The smallest absolute Gasteiger partial charge is 0.389 e. The van der Waals surface area contributed by atoms with Crippen molar-refractivity contribution in [1.82, 2.24) is 44.6 Å². The van der Waals surface area contributed by atoms with Crippen LogP contribution >= 0.6 is 0 Å². The van der Waals surface area contributed by atoms with E-state index in [4.69, 9.17) is 57.6 Å². The zero-order chi connectivity index (χ0) is 100. The van der Waals surface area contributed by atoms with Gasteiger partial charge in [-0.05, 0) is 181 Å². The topological polar surface area (TPSA) is 324 Å². The molecule has 3 aromatic carbocycles. The number of halogens is 9. The van der Waals surface area contributed by atoms with Crippen molar-refractivity contribution in [2.75, 3.05) is 41.0 Å². The molecule has 0 unspecified atom stereocenters. The first-order chi connectivity index (χ1) is 65.0. The van der Waals surface area contributed by atoms with Crippen molar-refractivity contribution in [2.45, 2.75) is 328 Å². The Kier molecular flexibility index (Phi) is 38.4. The molecule has 6 bridgehead atoms. The first-order valence-electron chi connectivity index (χ1n) is 48.4. The van der Waals surface area contributed by atoms with Crippen LogP contribution in [0.3, 0.4) is 0 Å². The summed E-state index contributed by atoms with van der Waals surface area (Å²) in [5.41, 5.74) is 1.02. The van der Waals surface area contributed by atoms with Crippen LogP contribution in [0.15, 0.2) is 54.6 Å². The molecule has 6 fully saturated rings. The molecule has 3 aromatic heterocycles. The van der Waals surface area contributed by atoms with Gasteiger partial charge in [-0.25, -0.2) is 48.8 Å². The third-order valence-electron chi connectivity index (χ3n) is 29.5. The van der Waals surface area contributed by atoms with Gasteiger partial charge in [0.25, 0.3) is 0 Å². The number of carbonyl (C=O) groups is 6. The number of hydrogen-bond donors (Lipinski definition) is 0. The molecule has 3 saturated carbocycles. The molecule has 3 radical (unpaired) electrons. The number of benzene rings is 3. The minimum Gasteiger partial charge on any atom is -0.540 e. The minimum absolute atomic E-state index is 0. The molecule has 18 atom stereocenters. The summed E-state index contributed by atoms with van der Waals surface area (Å²) in [6.07, 6.45) is 0.0146. The van der Waals surface area contributed by atoms with E-state index in [-0.39, 0.29) is 136 Å². The largest absolute Gasteiger partial charge is 0.540 e. The first-order valence-corrected chi connectivity index (χ1v) is 48.4. The Balaban J connectivity index is 0.000000215. The van der Waals surface area contributed by atoms with Gasteiger partial charge in [0.15, 0.2) is 0 Å². The van der Waals surface area contributed by atoms with Crippen LogP contribution in [-0.4, -0.2) is 212 Å². The van der Waals surface area contributed by atoms with Gasteiger partial charge in [-0.3, -0.25) is 28.8 Å². The Morgan fingerprint density at radius 3 is 1.03 bits per heavy atom. The van der Waals surface area contributed by atoms with Crippen LogP contribution in [0.5, 0.6) is 34.9 Å². The number of alkyl halides is 9. The van der Waals surface area contributed by atoms with E-state index in [1.54, 1.807) is 136 Å². The average molecular weight is 2090 g/mol. The van der Waals surface area contributed by atoms with Gasteiger partial charge in [-0.2, -0.15) is 39.5 Å². The normalized spacial score (nSPS) is 28.7. The molecule has 15 rings (SSSR count). The van der Waals surface area contributed by atoms with E-state index in [9.17, 15) is 82.7 Å². The summed E-state index contributed by atoms with van der Waals surface area (Å²) in [5.74, 6) is -8.13. The SMILES string of the molecule is COc1ccc2nc3c(nc2c1)O[C@H]1CN(C(=O)[C@H](C(C)(C)C)CC(=O)O[C@@H]2CCC[C@H]2CCCCC3)[C@H]([C-]=O)[C@@H]1CC(F)(F)F.COc1ccc2nc3c(nc2c1)O[C@H]1CN(C(=O)[C@H](C(C)(C)C)CC(=O)O[C@]2(C)CCC[C@H]2CCCCC3)[C@H]([C-]=O)[C@@H]1CC(F)(F)F.COc1ccc2nc3c(nc2c1)O[C@H]1CN(C(=O)[C@H](C(C)(C)C)CC(=O)O[C@]2(C)C[C@H]2CCCCC3)[C@H]([C-]=O)[C@@H]1CC(F)(F)F.[V].[V].[V]. The van der Waals surface area contributed by atoms with Gasteiger partial charge in [-0.15, -0.1) is 0 Å². The zero-order valence-electron chi connectivity index (χ0n) is 82.5. The van der Waals surface area contributed by atoms with E-state index in [2.05, 4.69) is 15.0 Å². The average Bonchev–Trinajstić information content (AvgIpc) is 1.58. The van der Waals surface area contributed by atoms with Gasteiger partial charge < -0.3 is 71.7 Å². The number of amides is 3. The summed E-state index contributed by atoms with van der Waals surface area (Å²) in [5, 5.41) is 0. The monoisotopic (exact) mass is 2090 g/mol. The molecule has 9 aliphatic rings. The molecule has 3 saturated heterocycles. The summed E-state index contributed by atoms with van der Waals surface area (Å²) < 4.78 is 178. The molecule has 3 aliphatic carbocycles. The van der Waals surface area contributed by atoms with Crippen molar-refractivity contribution in [3.05, 3.63) is 71.7 Å². The van der Waals surface area contributed by atoms with Crippen LogP contribution in [0, 0.1) is 69.5 Å². The van der Waals surface area contributed by atoms with Crippen molar-refractivity contribution in [2.24, 2.45) is 69.5 Å². The van der Waals surface area contributed by atoms with Crippen molar-refractivity contribution in [3.8, 4) is 34.9 Å². The van der Waals surface area contributed by atoms with Crippen LogP contribution in [0.1, 0.15) is 254 Å². The molecule has 39 heteroatoms. The van der Waals surface area contributed by atoms with Gasteiger partial charge in [0.1, 0.15) is 69.9 Å². The molecule has 6 aromatic rings. The quantitative estimate of drug-likeness (QED) is 0.0562. The summed E-state index contributed by atoms with van der Waals surface area (Å²) in [7, 11) is 4.54. The Morgan fingerprint density at radius 2 is 0.695 bits per heavy atom. The van der Waals surface area contributed by atoms with Crippen molar-refractivity contribution < 1.29 is 181 Å². The second kappa shape index (κ2) is 47.3. The Labute approximate surface area is 853 Å². The van der Waals surface area contributed by atoms with E-state index in [1.165, 1.54) is 21.3 Å². The zero-order valence-corrected chi connectivity index (χ0v) is 86.7. The minimum atomic E-state index is -4.65. The molecule has 141 heavy (non-hydrogen) atoms. The Bertz CT molecular complexity index is 5400. The van der Waals surface area contributed by atoms with Crippen LogP contribution in [0.2, 0.25) is 0 Å². The molecule has 0 N–H and O–H groups in total. The number of hydrogen-bond acceptors (Lipinski definition) is 24. The standard InChI is InChI=1S/C35H45F3N3O6.C34H43F3N3O6.C33H41F3N3O6.3V/c1-33(2,3)24-17-30(43)47-34(4)15-9-11-21(34)10-7-6-8-12-26-31(40-27-16-22(45-5)13-14-25(27)39-26)46-29-19-41(32(24)44)28(20-42)23(29)18-35(36,37)38;1-33(2,3)23-16-30(42)45-28-12-8-10-20(28)9-6-5-7-11-25-31(39-26-15-21(44-4)13-14-24(26)38-25)46-29-18-40(32(23)43)27(19-41)22(29)17-34(35,36)37;1-31(2,3)22-14-28(41)45-32(4)15-19(32)9-7-6-8-10-24-29(38-25-13-20(43-5)11-12-23(25)37-24)44-27-17-39(30(22)42)26(18-40)21(27)16-33(34,35)36;;;/h13-14,16,21,23-24,28-29H,6-12,15,17-19H2,1-5H3;13-15,20,22-23,27-29H,5-12,16-18H2,1-4H3;11-13,19,21-22,26-27H,6-10,14-17H2,1-5H3;;;/q3*-1;;;/t21-,23+,24-,28-,29+,34-;20-,22+,23-,27-,28-,29+;19-,21+,22-,26-,27+,32-;;;/m111.../s1. The summed E-state index contributed by atoms with van der Waals surface area (Å²) in [6.45, 7) is 19.0. The van der Waals surface area contributed by atoms with E-state index < -0.39 is 173 Å². The fourth-order valence-corrected chi connectivity index (χ4v) is 21.5. The third kappa shape index (κ3) is 28.6. The van der Waals surface area contributed by atoms with Crippen LogP contribution in [0.25, 0.3) is 33.1 Å². The molecule has 771 valence electrons. The third-order valence-corrected chi connectivity index (χ3v) is 29.5. The molecule has 6 aliphatic heterocycles. The number of esters is 3.